The lowest BCUT2D eigenvalue weighted by Gasteiger charge is -2.11. The van der Waals surface area contributed by atoms with E-state index in [4.69, 9.17) is 5.73 Å². The number of benzene rings is 2. The summed E-state index contributed by atoms with van der Waals surface area (Å²) in [6.45, 7) is 4.13. The maximum atomic E-state index is 5.79. The van der Waals surface area contributed by atoms with E-state index in [2.05, 4.69) is 53.3 Å². The molecule has 2 rings (SSSR count). The molecule has 0 atom stereocenters. The van der Waals surface area contributed by atoms with Gasteiger partial charge in [0.15, 0.2) is 0 Å². The summed E-state index contributed by atoms with van der Waals surface area (Å²) >= 11 is 3.49. The second-order valence-electron chi connectivity index (χ2n) is 4.22. The number of nitrogens with one attached hydrogen (secondary N) is 1. The molecule has 0 saturated carbocycles. The number of hydrogen-bond acceptors (Lipinski definition) is 2. The van der Waals surface area contributed by atoms with Crippen molar-refractivity contribution in [3.05, 3.63) is 52.0 Å². The Balaban J connectivity index is 2.34. The Morgan fingerprint density at radius 3 is 2.53 bits per heavy atom. The van der Waals surface area contributed by atoms with E-state index in [9.17, 15) is 0 Å². The Morgan fingerprint density at radius 1 is 1.06 bits per heavy atom. The Kier molecular flexibility index (Phi) is 3.38. The first-order valence-corrected chi connectivity index (χ1v) is 6.24. The van der Waals surface area contributed by atoms with Crippen molar-refractivity contribution in [3.8, 4) is 0 Å². The number of halogens is 1. The van der Waals surface area contributed by atoms with E-state index < -0.39 is 0 Å². The highest BCUT2D eigenvalue weighted by Gasteiger charge is 2.01. The van der Waals surface area contributed by atoms with Gasteiger partial charge in [0.2, 0.25) is 0 Å². The summed E-state index contributed by atoms with van der Waals surface area (Å²) < 4.78 is 1.07. The molecular formula is C14H15BrN2. The third kappa shape index (κ3) is 3.01. The van der Waals surface area contributed by atoms with Crippen LogP contribution in [0.5, 0.6) is 0 Å². The van der Waals surface area contributed by atoms with Gasteiger partial charge in [0.05, 0.1) is 0 Å². The molecule has 88 valence electrons. The van der Waals surface area contributed by atoms with E-state index >= 15 is 0 Å². The molecule has 0 aliphatic carbocycles. The van der Waals surface area contributed by atoms with Crippen LogP contribution in [0, 0.1) is 13.8 Å². The van der Waals surface area contributed by atoms with Gasteiger partial charge in [-0.05, 0) is 55.3 Å². The van der Waals surface area contributed by atoms with Crippen molar-refractivity contribution < 1.29 is 0 Å². The average molecular weight is 291 g/mol. The molecule has 0 aliphatic heterocycles. The molecule has 0 unspecified atom stereocenters. The van der Waals surface area contributed by atoms with E-state index in [0.717, 1.165) is 21.5 Å². The van der Waals surface area contributed by atoms with E-state index in [0.29, 0.717) is 0 Å². The maximum absolute atomic E-state index is 5.79. The first kappa shape index (κ1) is 12.0. The van der Waals surface area contributed by atoms with Crippen LogP contribution in [0.25, 0.3) is 0 Å². The summed E-state index contributed by atoms with van der Waals surface area (Å²) in [7, 11) is 0. The third-order valence-electron chi connectivity index (χ3n) is 2.58. The Morgan fingerprint density at radius 2 is 1.82 bits per heavy atom. The predicted molar refractivity (Wildman–Crippen MR) is 77.8 cm³/mol. The molecule has 3 N–H and O–H groups in total. The molecule has 0 saturated heterocycles. The quantitative estimate of drug-likeness (QED) is 0.805. The number of anilines is 3. The zero-order valence-electron chi connectivity index (χ0n) is 9.92. The molecule has 0 fully saturated rings. The highest BCUT2D eigenvalue weighted by atomic mass is 79.9. The fourth-order valence-corrected chi connectivity index (χ4v) is 2.35. The van der Waals surface area contributed by atoms with Crippen molar-refractivity contribution in [2.75, 3.05) is 11.1 Å². The molecular weight excluding hydrogens is 276 g/mol. The van der Waals surface area contributed by atoms with Gasteiger partial charge in [-0.3, -0.25) is 0 Å². The van der Waals surface area contributed by atoms with Crippen LogP contribution in [0.3, 0.4) is 0 Å². The van der Waals surface area contributed by atoms with E-state index in [1.165, 1.54) is 11.1 Å². The Labute approximate surface area is 110 Å². The Hall–Kier alpha value is -1.48. The van der Waals surface area contributed by atoms with Gasteiger partial charge in [0.25, 0.3) is 0 Å². The number of aryl methyl sites for hydroxylation is 2. The van der Waals surface area contributed by atoms with Gasteiger partial charge in [0.1, 0.15) is 0 Å². The van der Waals surface area contributed by atoms with Gasteiger partial charge in [0, 0.05) is 21.5 Å². The fourth-order valence-electron chi connectivity index (χ4n) is 1.74. The minimum atomic E-state index is 0.768. The highest BCUT2D eigenvalue weighted by Crippen LogP contribution is 2.26. The van der Waals surface area contributed by atoms with Crippen molar-refractivity contribution in [1.82, 2.24) is 0 Å². The molecule has 3 heteroatoms. The van der Waals surface area contributed by atoms with E-state index in [1.54, 1.807) is 0 Å². The standard InChI is InChI=1S/C14H15BrN2/c1-9-5-11(15)7-13(6-9)17-14-8-12(16)4-3-10(14)2/h3-8,17H,16H2,1-2H3. The molecule has 0 bridgehead atoms. The van der Waals surface area contributed by atoms with Crippen molar-refractivity contribution >= 4 is 33.0 Å². The summed E-state index contributed by atoms with van der Waals surface area (Å²) in [5, 5.41) is 3.38. The van der Waals surface area contributed by atoms with Gasteiger partial charge < -0.3 is 11.1 Å². The molecule has 0 aromatic heterocycles. The second-order valence-corrected chi connectivity index (χ2v) is 5.13. The molecule has 0 radical (unpaired) electrons. The SMILES string of the molecule is Cc1cc(Br)cc(Nc2cc(N)ccc2C)c1. The first-order chi connectivity index (χ1) is 8.04. The predicted octanol–water partition coefficient (Wildman–Crippen LogP) is 4.39. The molecule has 2 aromatic rings. The topological polar surface area (TPSA) is 38.0 Å². The van der Waals surface area contributed by atoms with Gasteiger partial charge in [-0.15, -0.1) is 0 Å². The summed E-state index contributed by atoms with van der Waals surface area (Å²) in [5.41, 5.74) is 11.1. The van der Waals surface area contributed by atoms with Crippen LogP contribution in [0.1, 0.15) is 11.1 Å². The maximum Gasteiger partial charge on any atom is 0.0434 e. The van der Waals surface area contributed by atoms with Crippen LogP contribution in [0.15, 0.2) is 40.9 Å². The van der Waals surface area contributed by atoms with Crippen LogP contribution in [-0.4, -0.2) is 0 Å². The molecule has 0 spiro atoms. The third-order valence-corrected chi connectivity index (χ3v) is 3.04. The molecule has 2 aromatic carbocycles. The average Bonchev–Trinajstić information content (AvgIpc) is 2.22. The zero-order valence-corrected chi connectivity index (χ0v) is 11.5. The lowest BCUT2D eigenvalue weighted by Crippen LogP contribution is -1.95. The van der Waals surface area contributed by atoms with Crippen molar-refractivity contribution in [2.45, 2.75) is 13.8 Å². The molecule has 0 heterocycles. The number of nitrogen functional groups attached to an aromatic ring is 1. The lowest BCUT2D eigenvalue weighted by molar-refractivity contribution is 1.40. The van der Waals surface area contributed by atoms with Crippen LogP contribution in [-0.2, 0) is 0 Å². The number of nitrogens with two attached hydrogens (primary N) is 1. The van der Waals surface area contributed by atoms with Crippen LogP contribution < -0.4 is 11.1 Å². The zero-order chi connectivity index (χ0) is 12.4. The first-order valence-electron chi connectivity index (χ1n) is 5.45. The van der Waals surface area contributed by atoms with Crippen LogP contribution >= 0.6 is 15.9 Å². The lowest BCUT2D eigenvalue weighted by atomic mass is 10.1. The minimum Gasteiger partial charge on any atom is -0.399 e. The van der Waals surface area contributed by atoms with Gasteiger partial charge in [-0.2, -0.15) is 0 Å². The second kappa shape index (κ2) is 4.80. The van der Waals surface area contributed by atoms with Crippen molar-refractivity contribution in [2.24, 2.45) is 0 Å². The molecule has 0 amide bonds. The summed E-state index contributed by atoms with van der Waals surface area (Å²) in [6.07, 6.45) is 0. The van der Waals surface area contributed by atoms with Gasteiger partial charge in [-0.1, -0.05) is 22.0 Å². The fraction of sp³-hybridized carbons (Fsp3) is 0.143. The van der Waals surface area contributed by atoms with Crippen LogP contribution in [0.4, 0.5) is 17.1 Å². The smallest absolute Gasteiger partial charge is 0.0434 e. The number of rotatable bonds is 2. The summed E-state index contributed by atoms with van der Waals surface area (Å²) in [6, 6.07) is 12.1. The summed E-state index contributed by atoms with van der Waals surface area (Å²) in [4.78, 5) is 0. The van der Waals surface area contributed by atoms with Gasteiger partial charge in [-0.25, -0.2) is 0 Å². The monoisotopic (exact) mass is 290 g/mol. The van der Waals surface area contributed by atoms with Crippen LogP contribution in [0.2, 0.25) is 0 Å². The molecule has 0 aliphatic rings. The molecule has 2 nitrogen and oxygen atoms in total. The Bertz CT molecular complexity index is 530. The molecule has 17 heavy (non-hydrogen) atoms. The highest BCUT2D eigenvalue weighted by molar-refractivity contribution is 9.10. The largest absolute Gasteiger partial charge is 0.399 e. The van der Waals surface area contributed by atoms with Crippen molar-refractivity contribution in [3.63, 3.8) is 0 Å². The van der Waals surface area contributed by atoms with E-state index in [-0.39, 0.29) is 0 Å². The minimum absolute atomic E-state index is 0.768. The van der Waals surface area contributed by atoms with Gasteiger partial charge >= 0.3 is 0 Å². The summed E-state index contributed by atoms with van der Waals surface area (Å²) in [5.74, 6) is 0. The number of hydrogen-bond donors (Lipinski definition) is 2. The normalized spacial score (nSPS) is 10.3. The van der Waals surface area contributed by atoms with Crippen molar-refractivity contribution in [1.29, 1.82) is 0 Å². The van der Waals surface area contributed by atoms with E-state index in [1.807, 2.05) is 18.2 Å².